The molecule has 0 saturated carbocycles. The first-order chi connectivity index (χ1) is 12.6. The zero-order valence-corrected chi connectivity index (χ0v) is 16.6. The second-order valence-corrected chi connectivity index (χ2v) is 6.33. The van der Waals surface area contributed by atoms with E-state index in [-0.39, 0.29) is 18.0 Å². The summed E-state index contributed by atoms with van der Waals surface area (Å²) in [7, 11) is 0. The highest BCUT2D eigenvalue weighted by molar-refractivity contribution is 6.42. The van der Waals surface area contributed by atoms with Gasteiger partial charge in [0.15, 0.2) is 5.52 Å². The summed E-state index contributed by atoms with van der Waals surface area (Å²) in [4.78, 5) is 19.5. The van der Waals surface area contributed by atoms with Crippen molar-refractivity contribution in [1.29, 1.82) is 0 Å². The van der Waals surface area contributed by atoms with E-state index >= 15 is 0 Å². The van der Waals surface area contributed by atoms with E-state index in [4.69, 9.17) is 33.7 Å². The van der Waals surface area contributed by atoms with Crippen LogP contribution >= 0.6 is 35.6 Å². The smallest absolute Gasteiger partial charge is 0.278 e. The molecule has 0 aliphatic carbocycles. The lowest BCUT2D eigenvalue weighted by Crippen LogP contribution is -2.18. The zero-order valence-electron chi connectivity index (χ0n) is 14.2. The van der Waals surface area contributed by atoms with Gasteiger partial charge in [0.05, 0.1) is 36.0 Å². The molecule has 1 aromatic carbocycles. The van der Waals surface area contributed by atoms with Crippen LogP contribution in [0.5, 0.6) is 0 Å². The Balaban J connectivity index is 0.00000261. The molecule has 0 amide bonds. The summed E-state index contributed by atoms with van der Waals surface area (Å²) in [6.45, 7) is 2.23. The SMILES string of the molecule is Cl.NCCOCCn1ncc2nc(NCc3ccc(Cl)c(Cl)c3)[nH]c(=O)c21. The van der Waals surface area contributed by atoms with Crippen molar-refractivity contribution in [3.63, 3.8) is 0 Å². The van der Waals surface area contributed by atoms with Gasteiger partial charge in [0, 0.05) is 13.1 Å². The Labute approximate surface area is 171 Å². The lowest BCUT2D eigenvalue weighted by molar-refractivity contribution is 0.131. The van der Waals surface area contributed by atoms with E-state index in [1.54, 1.807) is 23.0 Å². The maximum Gasteiger partial charge on any atom is 0.278 e. The van der Waals surface area contributed by atoms with E-state index in [0.717, 1.165) is 5.56 Å². The number of halogens is 3. The Morgan fingerprint density at radius 2 is 2.07 bits per heavy atom. The van der Waals surface area contributed by atoms with Gasteiger partial charge in [0.1, 0.15) is 5.52 Å². The van der Waals surface area contributed by atoms with Gasteiger partial charge in [-0.05, 0) is 17.7 Å². The molecule has 0 atom stereocenters. The highest BCUT2D eigenvalue weighted by atomic mass is 35.5. The molecule has 0 saturated heterocycles. The lowest BCUT2D eigenvalue weighted by atomic mass is 10.2. The number of ether oxygens (including phenoxy) is 1. The van der Waals surface area contributed by atoms with Crippen molar-refractivity contribution >= 4 is 52.6 Å². The predicted octanol–water partition coefficient (Wildman–Crippen LogP) is 2.44. The highest BCUT2D eigenvalue weighted by Gasteiger charge is 2.10. The number of anilines is 1. The van der Waals surface area contributed by atoms with Crippen LogP contribution in [0, 0.1) is 0 Å². The third-order valence-corrected chi connectivity index (χ3v) is 4.39. The van der Waals surface area contributed by atoms with E-state index in [2.05, 4.69) is 20.4 Å². The minimum absolute atomic E-state index is 0. The first-order valence-electron chi connectivity index (χ1n) is 8.00. The van der Waals surface area contributed by atoms with Crippen LogP contribution in [0.2, 0.25) is 10.0 Å². The van der Waals surface area contributed by atoms with Crippen LogP contribution < -0.4 is 16.6 Å². The predicted molar refractivity (Wildman–Crippen MR) is 109 cm³/mol. The van der Waals surface area contributed by atoms with Gasteiger partial charge < -0.3 is 15.8 Å². The minimum Gasteiger partial charge on any atom is -0.378 e. The summed E-state index contributed by atoms with van der Waals surface area (Å²) in [6, 6.07) is 5.32. The monoisotopic (exact) mass is 432 g/mol. The molecular formula is C16H19Cl3N6O2. The van der Waals surface area contributed by atoms with Crippen molar-refractivity contribution in [2.45, 2.75) is 13.1 Å². The highest BCUT2D eigenvalue weighted by Crippen LogP contribution is 2.22. The molecule has 8 nitrogen and oxygen atoms in total. The van der Waals surface area contributed by atoms with Crippen molar-refractivity contribution in [2.24, 2.45) is 5.73 Å². The molecule has 27 heavy (non-hydrogen) atoms. The summed E-state index contributed by atoms with van der Waals surface area (Å²) in [5.74, 6) is 0.354. The van der Waals surface area contributed by atoms with E-state index < -0.39 is 0 Å². The number of rotatable bonds is 8. The molecule has 11 heteroatoms. The van der Waals surface area contributed by atoms with Gasteiger partial charge in [-0.2, -0.15) is 5.10 Å². The number of fused-ring (bicyclic) bond motifs is 1. The first kappa shape index (κ1) is 21.5. The molecule has 146 valence electrons. The fraction of sp³-hybridized carbons (Fsp3) is 0.312. The number of aromatic nitrogens is 4. The van der Waals surface area contributed by atoms with Gasteiger partial charge in [-0.15, -0.1) is 12.4 Å². The average molecular weight is 434 g/mol. The number of nitrogens with one attached hydrogen (secondary N) is 2. The average Bonchev–Trinajstić information content (AvgIpc) is 3.03. The van der Waals surface area contributed by atoms with Crippen LogP contribution in [-0.2, 0) is 17.8 Å². The maximum absolute atomic E-state index is 12.4. The molecule has 0 aliphatic rings. The molecule has 0 aliphatic heterocycles. The summed E-state index contributed by atoms with van der Waals surface area (Å²) in [6.07, 6.45) is 1.55. The van der Waals surface area contributed by atoms with Gasteiger partial charge in [0.2, 0.25) is 5.95 Å². The summed E-state index contributed by atoms with van der Waals surface area (Å²) in [5, 5.41) is 8.23. The number of nitrogens with two attached hydrogens (primary N) is 1. The number of H-pyrrole nitrogens is 1. The van der Waals surface area contributed by atoms with Gasteiger partial charge in [-0.3, -0.25) is 14.5 Å². The van der Waals surface area contributed by atoms with E-state index in [1.165, 1.54) is 0 Å². The van der Waals surface area contributed by atoms with Crippen LogP contribution in [-0.4, -0.2) is 39.5 Å². The molecule has 0 spiro atoms. The molecule has 3 aromatic rings. The van der Waals surface area contributed by atoms with Crippen molar-refractivity contribution in [3.05, 3.63) is 50.4 Å². The third-order valence-electron chi connectivity index (χ3n) is 3.65. The molecule has 0 radical (unpaired) electrons. The number of hydrogen-bond acceptors (Lipinski definition) is 6. The Kier molecular flexibility index (Phi) is 7.88. The number of nitrogens with zero attached hydrogens (tertiary/aromatic N) is 3. The maximum atomic E-state index is 12.4. The van der Waals surface area contributed by atoms with Crippen LogP contribution in [0.15, 0.2) is 29.2 Å². The topological polar surface area (TPSA) is 111 Å². The molecule has 4 N–H and O–H groups in total. The minimum atomic E-state index is -0.275. The molecule has 0 fully saturated rings. The summed E-state index contributed by atoms with van der Waals surface area (Å²) in [5.41, 5.74) is 6.92. The quantitative estimate of drug-likeness (QED) is 0.471. The van der Waals surface area contributed by atoms with Gasteiger partial charge >= 0.3 is 0 Å². The Morgan fingerprint density at radius 3 is 2.81 bits per heavy atom. The Bertz CT molecular complexity index is 959. The van der Waals surface area contributed by atoms with Crippen molar-refractivity contribution in [2.75, 3.05) is 25.1 Å². The van der Waals surface area contributed by atoms with Crippen LogP contribution in [0.1, 0.15) is 5.56 Å². The number of benzene rings is 1. The second kappa shape index (κ2) is 9.91. The van der Waals surface area contributed by atoms with Crippen molar-refractivity contribution in [3.8, 4) is 0 Å². The molecule has 3 rings (SSSR count). The molecule has 2 heterocycles. The van der Waals surface area contributed by atoms with Crippen molar-refractivity contribution in [1.82, 2.24) is 19.7 Å². The second-order valence-electron chi connectivity index (χ2n) is 5.52. The Morgan fingerprint density at radius 1 is 1.26 bits per heavy atom. The Hall–Kier alpha value is -1.84. The van der Waals surface area contributed by atoms with Gasteiger partial charge in [-0.25, -0.2) is 4.98 Å². The first-order valence-corrected chi connectivity index (χ1v) is 8.75. The van der Waals surface area contributed by atoms with Gasteiger partial charge in [-0.1, -0.05) is 29.3 Å². The lowest BCUT2D eigenvalue weighted by Gasteiger charge is -2.07. The fourth-order valence-corrected chi connectivity index (χ4v) is 2.75. The molecule has 2 aromatic heterocycles. The molecular weight excluding hydrogens is 415 g/mol. The number of aromatic amines is 1. The normalized spacial score (nSPS) is 10.8. The number of hydrogen-bond donors (Lipinski definition) is 3. The summed E-state index contributed by atoms with van der Waals surface area (Å²) >= 11 is 11.9. The standard InChI is InChI=1S/C16H18Cl2N6O2.ClH/c17-11-2-1-10(7-12(11)18)8-20-16-22-13-9-21-24(4-6-26-5-3-19)14(13)15(25)23-16;/h1-2,7,9H,3-6,8,19H2,(H2,20,22,23,25);1H. The molecule has 0 bridgehead atoms. The largest absolute Gasteiger partial charge is 0.378 e. The molecule has 0 unspecified atom stereocenters. The van der Waals surface area contributed by atoms with Crippen molar-refractivity contribution < 1.29 is 4.74 Å². The third kappa shape index (κ3) is 5.33. The van der Waals surface area contributed by atoms with E-state index in [1.807, 2.05) is 6.07 Å². The summed E-state index contributed by atoms with van der Waals surface area (Å²) < 4.78 is 6.89. The van der Waals surface area contributed by atoms with E-state index in [9.17, 15) is 4.79 Å². The zero-order chi connectivity index (χ0) is 18.5. The fourth-order valence-electron chi connectivity index (χ4n) is 2.43. The van der Waals surface area contributed by atoms with Crippen LogP contribution in [0.3, 0.4) is 0 Å². The van der Waals surface area contributed by atoms with Crippen LogP contribution in [0.4, 0.5) is 5.95 Å². The van der Waals surface area contributed by atoms with Crippen LogP contribution in [0.25, 0.3) is 11.0 Å². The van der Waals surface area contributed by atoms with E-state index in [0.29, 0.717) is 59.9 Å². The van der Waals surface area contributed by atoms with Gasteiger partial charge in [0.25, 0.3) is 5.56 Å².